The normalized spacial score (nSPS) is 26.2. The summed E-state index contributed by atoms with van der Waals surface area (Å²) in [6.45, 7) is 5.64. The first-order chi connectivity index (χ1) is 9.34. The maximum atomic E-state index is 12.4. The topological polar surface area (TPSA) is 79.3 Å². The molecule has 20 heavy (non-hydrogen) atoms. The monoisotopic (exact) mass is 296 g/mol. The summed E-state index contributed by atoms with van der Waals surface area (Å²) in [5.74, 6) is -0.940. The average Bonchev–Trinajstić information content (AvgIpc) is 2.68. The minimum absolute atomic E-state index is 0.310. The zero-order valence-corrected chi connectivity index (χ0v) is 12.8. The summed E-state index contributed by atoms with van der Waals surface area (Å²) in [7, 11) is 0. The summed E-state index contributed by atoms with van der Waals surface area (Å²) in [6.07, 6.45) is 2.83. The van der Waals surface area contributed by atoms with E-state index in [2.05, 4.69) is 10.3 Å². The van der Waals surface area contributed by atoms with Crippen LogP contribution >= 0.6 is 11.3 Å². The summed E-state index contributed by atoms with van der Waals surface area (Å²) in [4.78, 5) is 28.7. The summed E-state index contributed by atoms with van der Waals surface area (Å²) in [5.41, 5.74) is -0.464. The Hall–Kier alpha value is -1.43. The van der Waals surface area contributed by atoms with Crippen molar-refractivity contribution in [2.75, 3.05) is 0 Å². The second-order valence-electron chi connectivity index (χ2n) is 5.69. The van der Waals surface area contributed by atoms with E-state index in [-0.39, 0.29) is 5.91 Å². The Morgan fingerprint density at radius 3 is 2.65 bits per heavy atom. The fraction of sp³-hybridized carbons (Fsp3) is 0.643. The quantitative estimate of drug-likeness (QED) is 0.898. The molecule has 1 aromatic heterocycles. The maximum absolute atomic E-state index is 12.4. The zero-order chi connectivity index (χ0) is 14.9. The number of rotatable bonds is 3. The average molecular weight is 296 g/mol. The standard InChI is InChI=1S/C14H20N2O3S/c1-8-5-4-6-14(7-8,13(18)19)16-12(17)11-9(2)15-10(3)20-11/h8H,4-7H2,1-3H3,(H,16,17)(H,18,19). The lowest BCUT2D eigenvalue weighted by Crippen LogP contribution is -2.56. The van der Waals surface area contributed by atoms with Gasteiger partial charge in [0.2, 0.25) is 0 Å². The number of hydrogen-bond acceptors (Lipinski definition) is 4. The molecule has 0 bridgehead atoms. The lowest BCUT2D eigenvalue weighted by molar-refractivity contribution is -0.146. The molecule has 0 aromatic carbocycles. The molecule has 0 spiro atoms. The van der Waals surface area contributed by atoms with Crippen LogP contribution in [0.2, 0.25) is 0 Å². The predicted octanol–water partition coefficient (Wildman–Crippen LogP) is 2.52. The van der Waals surface area contributed by atoms with Gasteiger partial charge in [0.1, 0.15) is 10.4 Å². The number of carboxylic acids is 1. The molecule has 1 amide bonds. The van der Waals surface area contributed by atoms with Crippen LogP contribution in [0.4, 0.5) is 0 Å². The number of carboxylic acid groups (broad SMARTS) is 1. The van der Waals surface area contributed by atoms with E-state index in [1.807, 2.05) is 13.8 Å². The van der Waals surface area contributed by atoms with Crippen molar-refractivity contribution in [1.82, 2.24) is 10.3 Å². The molecule has 110 valence electrons. The molecule has 0 radical (unpaired) electrons. The number of carbonyl (C=O) groups excluding carboxylic acids is 1. The van der Waals surface area contributed by atoms with Gasteiger partial charge in [0.15, 0.2) is 0 Å². The molecule has 2 rings (SSSR count). The van der Waals surface area contributed by atoms with Crippen molar-refractivity contribution in [3.8, 4) is 0 Å². The zero-order valence-electron chi connectivity index (χ0n) is 12.0. The third-order valence-corrected chi connectivity index (χ3v) is 4.94. The fourth-order valence-corrected chi connectivity index (χ4v) is 3.74. The highest BCUT2D eigenvalue weighted by molar-refractivity contribution is 7.13. The number of nitrogens with zero attached hydrogens (tertiary/aromatic N) is 1. The third kappa shape index (κ3) is 2.85. The first-order valence-electron chi connectivity index (χ1n) is 6.84. The van der Waals surface area contributed by atoms with Gasteiger partial charge in [-0.1, -0.05) is 19.8 Å². The Morgan fingerprint density at radius 2 is 2.15 bits per heavy atom. The number of nitrogens with one attached hydrogen (secondary N) is 1. The SMILES string of the molecule is Cc1nc(C)c(C(=O)NC2(C(=O)O)CCCC(C)C2)s1. The van der Waals surface area contributed by atoms with Crippen LogP contribution in [0.15, 0.2) is 0 Å². The van der Waals surface area contributed by atoms with Crippen LogP contribution in [0.3, 0.4) is 0 Å². The first-order valence-corrected chi connectivity index (χ1v) is 7.65. The Labute approximate surface area is 122 Å². The van der Waals surface area contributed by atoms with Gasteiger partial charge in [0, 0.05) is 0 Å². The number of thiazole rings is 1. The Kier molecular flexibility index (Phi) is 4.13. The smallest absolute Gasteiger partial charge is 0.329 e. The minimum atomic E-state index is -1.13. The predicted molar refractivity (Wildman–Crippen MR) is 77.1 cm³/mol. The van der Waals surface area contributed by atoms with Crippen molar-refractivity contribution in [3.63, 3.8) is 0 Å². The van der Waals surface area contributed by atoms with Crippen molar-refractivity contribution in [1.29, 1.82) is 0 Å². The molecular formula is C14H20N2O3S. The van der Waals surface area contributed by atoms with Gasteiger partial charge >= 0.3 is 5.97 Å². The van der Waals surface area contributed by atoms with Crippen molar-refractivity contribution in [2.45, 2.75) is 52.0 Å². The fourth-order valence-electron chi connectivity index (χ4n) is 2.93. The molecule has 6 heteroatoms. The van der Waals surface area contributed by atoms with Crippen LogP contribution in [0.25, 0.3) is 0 Å². The van der Waals surface area contributed by atoms with Gasteiger partial charge < -0.3 is 10.4 Å². The Bertz CT molecular complexity index is 541. The second kappa shape index (κ2) is 5.52. The van der Waals surface area contributed by atoms with E-state index in [1.54, 1.807) is 6.92 Å². The summed E-state index contributed by atoms with van der Waals surface area (Å²) < 4.78 is 0. The number of carbonyl (C=O) groups is 2. The highest BCUT2D eigenvalue weighted by Crippen LogP contribution is 2.33. The van der Waals surface area contributed by atoms with Crippen LogP contribution in [0, 0.1) is 19.8 Å². The third-order valence-electron chi connectivity index (χ3n) is 3.87. The molecule has 1 aliphatic rings. The van der Waals surface area contributed by atoms with Crippen LogP contribution in [0.1, 0.15) is 53.0 Å². The molecule has 2 unspecified atom stereocenters. The van der Waals surface area contributed by atoms with E-state index < -0.39 is 11.5 Å². The van der Waals surface area contributed by atoms with Crippen LogP contribution in [-0.2, 0) is 4.79 Å². The molecule has 5 nitrogen and oxygen atoms in total. The van der Waals surface area contributed by atoms with E-state index in [9.17, 15) is 14.7 Å². The summed E-state index contributed by atoms with van der Waals surface area (Å²) in [6, 6.07) is 0. The van der Waals surface area contributed by atoms with Crippen molar-refractivity contribution in [2.24, 2.45) is 5.92 Å². The van der Waals surface area contributed by atoms with Gasteiger partial charge in [-0.05, 0) is 32.6 Å². The van der Waals surface area contributed by atoms with Gasteiger partial charge in [0.05, 0.1) is 10.7 Å². The van der Waals surface area contributed by atoms with Crippen molar-refractivity contribution < 1.29 is 14.7 Å². The number of aryl methyl sites for hydroxylation is 2. The molecule has 1 heterocycles. The Balaban J connectivity index is 2.22. The molecular weight excluding hydrogens is 276 g/mol. The Morgan fingerprint density at radius 1 is 1.45 bits per heavy atom. The van der Waals surface area contributed by atoms with Gasteiger partial charge in [-0.25, -0.2) is 9.78 Å². The number of amides is 1. The van der Waals surface area contributed by atoms with Crippen molar-refractivity contribution in [3.05, 3.63) is 15.6 Å². The molecule has 1 aromatic rings. The first kappa shape index (κ1) is 15.0. The van der Waals surface area contributed by atoms with Crippen LogP contribution in [0.5, 0.6) is 0 Å². The molecule has 2 atom stereocenters. The van der Waals surface area contributed by atoms with Gasteiger partial charge in [-0.2, -0.15) is 0 Å². The second-order valence-corrected chi connectivity index (χ2v) is 6.89. The highest BCUT2D eigenvalue weighted by Gasteiger charge is 2.43. The number of aliphatic carboxylic acids is 1. The molecule has 1 aliphatic carbocycles. The van der Waals surface area contributed by atoms with Crippen molar-refractivity contribution >= 4 is 23.2 Å². The number of aromatic nitrogens is 1. The molecule has 2 N–H and O–H groups in total. The number of hydrogen-bond donors (Lipinski definition) is 2. The van der Waals surface area contributed by atoms with Crippen LogP contribution in [-0.4, -0.2) is 27.5 Å². The highest BCUT2D eigenvalue weighted by atomic mass is 32.1. The minimum Gasteiger partial charge on any atom is -0.480 e. The van der Waals surface area contributed by atoms with E-state index in [4.69, 9.17) is 0 Å². The van der Waals surface area contributed by atoms with Gasteiger partial charge in [-0.3, -0.25) is 4.79 Å². The van der Waals surface area contributed by atoms with Gasteiger partial charge in [-0.15, -0.1) is 11.3 Å². The van der Waals surface area contributed by atoms with E-state index in [0.717, 1.165) is 17.8 Å². The van der Waals surface area contributed by atoms with E-state index >= 15 is 0 Å². The summed E-state index contributed by atoms with van der Waals surface area (Å²) >= 11 is 1.31. The molecule has 0 saturated heterocycles. The maximum Gasteiger partial charge on any atom is 0.329 e. The van der Waals surface area contributed by atoms with Crippen LogP contribution < -0.4 is 5.32 Å². The molecule has 0 aliphatic heterocycles. The summed E-state index contributed by atoms with van der Waals surface area (Å²) in [5, 5.41) is 13.1. The molecule has 1 saturated carbocycles. The lowest BCUT2D eigenvalue weighted by atomic mass is 9.76. The van der Waals surface area contributed by atoms with E-state index in [1.165, 1.54) is 11.3 Å². The lowest BCUT2D eigenvalue weighted by Gasteiger charge is -2.36. The molecule has 1 fully saturated rings. The largest absolute Gasteiger partial charge is 0.480 e. The van der Waals surface area contributed by atoms with E-state index in [0.29, 0.717) is 29.3 Å². The van der Waals surface area contributed by atoms with Gasteiger partial charge in [0.25, 0.3) is 5.91 Å².